The molecule has 2 aliphatic rings. The number of rotatable bonds is 0. The summed E-state index contributed by atoms with van der Waals surface area (Å²) < 4.78 is 15.7. The lowest BCUT2D eigenvalue weighted by molar-refractivity contribution is -0.205. The van der Waals surface area contributed by atoms with Gasteiger partial charge in [0.25, 0.3) is 0 Å². The van der Waals surface area contributed by atoms with Gasteiger partial charge in [-0.2, -0.15) is 0 Å². The highest BCUT2D eigenvalue weighted by atomic mass is 16.8. The molecule has 3 atom stereocenters. The minimum absolute atomic E-state index is 0.0972. The third-order valence-corrected chi connectivity index (χ3v) is 1.93. The summed E-state index contributed by atoms with van der Waals surface area (Å²) in [5.41, 5.74) is 0. The van der Waals surface area contributed by atoms with Crippen molar-refractivity contribution in [2.24, 2.45) is 0 Å². The summed E-state index contributed by atoms with van der Waals surface area (Å²) >= 11 is 0. The zero-order valence-corrected chi connectivity index (χ0v) is 6.61. The van der Waals surface area contributed by atoms with Gasteiger partial charge in [0, 0.05) is 0 Å². The first-order valence-electron chi connectivity index (χ1n) is 3.74. The summed E-state index contributed by atoms with van der Waals surface area (Å²) in [5.74, 6) is -0.569. The Morgan fingerprint density at radius 3 is 2.73 bits per heavy atom. The molecular weight excluding hydrogens is 148 g/mol. The van der Waals surface area contributed by atoms with Gasteiger partial charge in [-0.25, -0.2) is 0 Å². The Hall–Kier alpha value is -0.160. The van der Waals surface area contributed by atoms with Gasteiger partial charge in [-0.1, -0.05) is 0 Å². The Kier molecular flexibility index (Phi) is 1.47. The fraction of sp³-hybridized carbons (Fsp3) is 1.00. The average Bonchev–Trinajstić information content (AvgIpc) is 2.31. The molecule has 2 unspecified atom stereocenters. The van der Waals surface area contributed by atoms with E-state index >= 15 is 0 Å². The molecule has 0 amide bonds. The van der Waals surface area contributed by atoms with Crippen LogP contribution in [0.1, 0.15) is 13.8 Å². The van der Waals surface area contributed by atoms with Crippen molar-refractivity contribution in [3.63, 3.8) is 0 Å². The van der Waals surface area contributed by atoms with Crippen molar-refractivity contribution < 1.29 is 19.3 Å². The van der Waals surface area contributed by atoms with Crippen LogP contribution in [0.25, 0.3) is 0 Å². The van der Waals surface area contributed by atoms with Gasteiger partial charge in [-0.05, 0) is 13.8 Å². The van der Waals surface area contributed by atoms with Crippen molar-refractivity contribution in [3.05, 3.63) is 0 Å². The molecule has 11 heavy (non-hydrogen) atoms. The molecule has 0 aliphatic carbocycles. The molecule has 4 heteroatoms. The second-order valence-electron chi connectivity index (χ2n) is 3.36. The van der Waals surface area contributed by atoms with Crippen LogP contribution in [0.2, 0.25) is 0 Å². The minimum atomic E-state index is -0.818. The van der Waals surface area contributed by atoms with Crippen molar-refractivity contribution in [3.8, 4) is 0 Å². The highest BCUT2D eigenvalue weighted by Crippen LogP contribution is 2.33. The fourth-order valence-electron chi connectivity index (χ4n) is 1.52. The van der Waals surface area contributed by atoms with Crippen LogP contribution in [0.3, 0.4) is 0 Å². The Morgan fingerprint density at radius 2 is 2.09 bits per heavy atom. The van der Waals surface area contributed by atoms with Crippen LogP contribution in [0.5, 0.6) is 0 Å². The number of fused-ring (bicyclic) bond motifs is 1. The van der Waals surface area contributed by atoms with E-state index in [0.717, 1.165) is 0 Å². The van der Waals surface area contributed by atoms with E-state index in [1.807, 2.05) is 13.8 Å². The molecule has 2 rings (SSSR count). The number of aliphatic hydroxyl groups excluding tert-OH is 1. The normalized spacial score (nSPS) is 47.7. The standard InChI is InChI=1S/C7H12O4/c1-7(2)10-4-3-9-6(8)5(4)11-7/h4-6,8H,3H2,1-2H3/t4-,5?,6?/m1/s1. The van der Waals surface area contributed by atoms with E-state index in [4.69, 9.17) is 14.2 Å². The quantitative estimate of drug-likeness (QED) is 0.535. The third kappa shape index (κ3) is 1.16. The molecule has 0 saturated carbocycles. The fourth-order valence-corrected chi connectivity index (χ4v) is 1.52. The van der Waals surface area contributed by atoms with Crippen LogP contribution >= 0.6 is 0 Å². The van der Waals surface area contributed by atoms with Crippen LogP contribution in [0, 0.1) is 0 Å². The summed E-state index contributed by atoms with van der Waals surface area (Å²) in [6, 6.07) is 0. The first-order chi connectivity index (χ1) is 5.08. The maximum atomic E-state index is 9.20. The Morgan fingerprint density at radius 1 is 1.36 bits per heavy atom. The molecule has 2 fully saturated rings. The molecule has 0 radical (unpaired) electrons. The van der Waals surface area contributed by atoms with Crippen LogP contribution < -0.4 is 0 Å². The monoisotopic (exact) mass is 160 g/mol. The van der Waals surface area contributed by atoms with Crippen LogP contribution in [0.4, 0.5) is 0 Å². The topological polar surface area (TPSA) is 47.9 Å². The lowest BCUT2D eigenvalue weighted by Gasteiger charge is -2.19. The van der Waals surface area contributed by atoms with E-state index in [9.17, 15) is 5.11 Å². The predicted molar refractivity (Wildman–Crippen MR) is 35.8 cm³/mol. The Bertz CT molecular complexity index is 168. The number of aliphatic hydroxyl groups is 1. The van der Waals surface area contributed by atoms with E-state index in [2.05, 4.69) is 0 Å². The van der Waals surface area contributed by atoms with E-state index < -0.39 is 12.1 Å². The van der Waals surface area contributed by atoms with Gasteiger partial charge >= 0.3 is 0 Å². The maximum Gasteiger partial charge on any atom is 0.184 e. The van der Waals surface area contributed by atoms with Crippen LogP contribution in [-0.4, -0.2) is 36.0 Å². The summed E-state index contributed by atoms with van der Waals surface area (Å²) in [7, 11) is 0. The lowest BCUT2D eigenvalue weighted by Crippen LogP contribution is -2.29. The molecule has 0 aromatic carbocycles. The molecular formula is C7H12O4. The number of ether oxygens (including phenoxy) is 3. The number of hydrogen-bond donors (Lipinski definition) is 1. The first kappa shape index (κ1) is 7.49. The van der Waals surface area contributed by atoms with Gasteiger partial charge in [-0.15, -0.1) is 0 Å². The highest BCUT2D eigenvalue weighted by Gasteiger charge is 2.49. The van der Waals surface area contributed by atoms with Crippen molar-refractivity contribution >= 4 is 0 Å². The predicted octanol–water partition coefficient (Wildman–Crippen LogP) is -0.145. The maximum absolute atomic E-state index is 9.20. The molecule has 2 saturated heterocycles. The number of hydrogen-bond acceptors (Lipinski definition) is 4. The molecule has 4 nitrogen and oxygen atoms in total. The molecule has 2 aliphatic heterocycles. The summed E-state index contributed by atoms with van der Waals surface area (Å²) in [6.07, 6.45) is -1.22. The molecule has 0 bridgehead atoms. The van der Waals surface area contributed by atoms with Gasteiger partial charge in [0.05, 0.1) is 6.61 Å². The van der Waals surface area contributed by atoms with Gasteiger partial charge in [0.2, 0.25) is 0 Å². The lowest BCUT2D eigenvalue weighted by atomic mass is 10.2. The SMILES string of the molecule is CC1(C)OC2C(O)OC[C@H]2O1. The van der Waals surface area contributed by atoms with Crippen molar-refractivity contribution in [1.29, 1.82) is 0 Å². The summed E-state index contributed by atoms with van der Waals surface area (Å²) in [4.78, 5) is 0. The largest absolute Gasteiger partial charge is 0.366 e. The van der Waals surface area contributed by atoms with Crippen LogP contribution in [0.15, 0.2) is 0 Å². The summed E-state index contributed by atoms with van der Waals surface area (Å²) in [6.45, 7) is 4.09. The van der Waals surface area contributed by atoms with Crippen LogP contribution in [-0.2, 0) is 14.2 Å². The van der Waals surface area contributed by atoms with Crippen molar-refractivity contribution in [2.45, 2.75) is 38.1 Å². The Labute approximate surface area is 65.1 Å². The molecule has 0 aromatic rings. The van der Waals surface area contributed by atoms with Gasteiger partial charge in [0.15, 0.2) is 12.1 Å². The average molecular weight is 160 g/mol. The first-order valence-corrected chi connectivity index (χ1v) is 3.74. The van der Waals surface area contributed by atoms with E-state index in [1.54, 1.807) is 0 Å². The van der Waals surface area contributed by atoms with Crippen molar-refractivity contribution in [2.75, 3.05) is 6.61 Å². The zero-order chi connectivity index (χ0) is 8.06. The minimum Gasteiger partial charge on any atom is -0.366 e. The molecule has 0 aromatic heterocycles. The van der Waals surface area contributed by atoms with Gasteiger partial charge < -0.3 is 19.3 Å². The summed E-state index contributed by atoms with van der Waals surface area (Å²) in [5, 5.41) is 9.20. The van der Waals surface area contributed by atoms with Gasteiger partial charge in [0.1, 0.15) is 12.2 Å². The van der Waals surface area contributed by atoms with Gasteiger partial charge in [-0.3, -0.25) is 0 Å². The molecule has 2 heterocycles. The van der Waals surface area contributed by atoms with E-state index in [0.29, 0.717) is 6.61 Å². The van der Waals surface area contributed by atoms with Crippen molar-refractivity contribution in [1.82, 2.24) is 0 Å². The van der Waals surface area contributed by atoms with E-state index in [1.165, 1.54) is 0 Å². The molecule has 1 N–H and O–H groups in total. The zero-order valence-electron chi connectivity index (χ0n) is 6.61. The smallest absolute Gasteiger partial charge is 0.184 e. The second kappa shape index (κ2) is 2.17. The Balaban J connectivity index is 2.10. The second-order valence-corrected chi connectivity index (χ2v) is 3.36. The molecule has 64 valence electrons. The van der Waals surface area contributed by atoms with E-state index in [-0.39, 0.29) is 12.2 Å². The third-order valence-electron chi connectivity index (χ3n) is 1.93. The molecule has 0 spiro atoms. The highest BCUT2D eigenvalue weighted by molar-refractivity contribution is 4.87.